The van der Waals surface area contributed by atoms with Crippen LogP contribution < -0.4 is 0 Å². The highest BCUT2D eigenvalue weighted by Gasteiger charge is 2.18. The molecule has 0 bridgehead atoms. The molecule has 2 N–H and O–H groups in total. The van der Waals surface area contributed by atoms with Crippen LogP contribution in [0.4, 0.5) is 0 Å². The summed E-state index contributed by atoms with van der Waals surface area (Å²) in [5.41, 5.74) is 0.601. The minimum atomic E-state index is -0.450. The van der Waals surface area contributed by atoms with E-state index in [9.17, 15) is 9.90 Å². The summed E-state index contributed by atoms with van der Waals surface area (Å²) in [5, 5.41) is 21.2. The van der Waals surface area contributed by atoms with Crippen molar-refractivity contribution in [2.45, 2.75) is 0 Å². The van der Waals surface area contributed by atoms with Gasteiger partial charge in [-0.2, -0.15) is 0 Å². The smallest absolute Gasteiger partial charge is 0.215 e. The van der Waals surface area contributed by atoms with Gasteiger partial charge in [0.1, 0.15) is 11.4 Å². The van der Waals surface area contributed by atoms with Gasteiger partial charge in [-0.15, -0.1) is 0 Å². The zero-order valence-electron chi connectivity index (χ0n) is 9.62. The van der Waals surface area contributed by atoms with Gasteiger partial charge in [-0.05, 0) is 30.3 Å². The Morgan fingerprint density at radius 1 is 1.37 bits per heavy atom. The first-order chi connectivity index (χ1) is 9.13. The van der Waals surface area contributed by atoms with Gasteiger partial charge in [0, 0.05) is 16.2 Å². The standard InChI is InChI=1S/C13H9BrN2O3/c14-9-3-4-11(17)10(6-9)13(18)12-8(7-16-19)2-1-5-15-12/h1-7,17,19H/b16-7-. The molecule has 0 amide bonds. The Labute approximate surface area is 117 Å². The first kappa shape index (κ1) is 13.2. The molecule has 2 rings (SSSR count). The third-order valence-electron chi connectivity index (χ3n) is 2.45. The predicted molar refractivity (Wildman–Crippen MR) is 72.9 cm³/mol. The van der Waals surface area contributed by atoms with Crippen molar-refractivity contribution in [3.63, 3.8) is 0 Å². The zero-order chi connectivity index (χ0) is 13.8. The van der Waals surface area contributed by atoms with E-state index < -0.39 is 5.78 Å². The summed E-state index contributed by atoms with van der Waals surface area (Å²) in [7, 11) is 0. The Balaban J connectivity index is 2.53. The number of aromatic hydroxyl groups is 1. The number of carbonyl (C=O) groups is 1. The molecular weight excluding hydrogens is 312 g/mol. The molecule has 5 nitrogen and oxygen atoms in total. The number of phenols is 1. The maximum Gasteiger partial charge on any atom is 0.215 e. The van der Waals surface area contributed by atoms with Crippen LogP contribution in [0.15, 0.2) is 46.2 Å². The molecule has 0 fully saturated rings. The lowest BCUT2D eigenvalue weighted by Gasteiger charge is -2.06. The number of rotatable bonds is 3. The van der Waals surface area contributed by atoms with E-state index in [1.54, 1.807) is 18.2 Å². The van der Waals surface area contributed by atoms with E-state index in [1.807, 2.05) is 0 Å². The van der Waals surface area contributed by atoms with Gasteiger partial charge in [-0.3, -0.25) is 9.78 Å². The van der Waals surface area contributed by atoms with Gasteiger partial charge in [0.15, 0.2) is 0 Å². The Hall–Kier alpha value is -2.21. The number of nitrogens with zero attached hydrogens (tertiary/aromatic N) is 2. The molecule has 0 aliphatic rings. The van der Waals surface area contributed by atoms with Crippen LogP contribution in [-0.2, 0) is 0 Å². The molecule has 19 heavy (non-hydrogen) atoms. The van der Waals surface area contributed by atoms with E-state index in [4.69, 9.17) is 5.21 Å². The van der Waals surface area contributed by atoms with Gasteiger partial charge in [-0.25, -0.2) is 0 Å². The van der Waals surface area contributed by atoms with Gasteiger partial charge in [-0.1, -0.05) is 21.1 Å². The van der Waals surface area contributed by atoms with Crippen molar-refractivity contribution in [1.29, 1.82) is 0 Å². The fraction of sp³-hybridized carbons (Fsp3) is 0. The monoisotopic (exact) mass is 320 g/mol. The van der Waals surface area contributed by atoms with Crippen molar-refractivity contribution >= 4 is 27.9 Å². The van der Waals surface area contributed by atoms with Crippen LogP contribution in [0.5, 0.6) is 5.75 Å². The average Bonchev–Trinajstić information content (AvgIpc) is 2.42. The van der Waals surface area contributed by atoms with E-state index in [0.717, 1.165) is 6.21 Å². The number of halogens is 1. The number of aromatic nitrogens is 1. The second-order valence-corrected chi connectivity index (χ2v) is 4.59. The largest absolute Gasteiger partial charge is 0.507 e. The Bertz CT molecular complexity index is 656. The van der Waals surface area contributed by atoms with E-state index >= 15 is 0 Å². The van der Waals surface area contributed by atoms with Gasteiger partial charge in [0.25, 0.3) is 0 Å². The van der Waals surface area contributed by atoms with Gasteiger partial charge < -0.3 is 10.3 Å². The number of phenolic OH excluding ortho intramolecular Hbond substituents is 1. The number of benzene rings is 1. The quantitative estimate of drug-likeness (QED) is 0.394. The molecule has 2 aromatic rings. The van der Waals surface area contributed by atoms with Crippen LogP contribution in [0.1, 0.15) is 21.6 Å². The SMILES string of the molecule is O=C(c1cc(Br)ccc1O)c1ncccc1/C=N\O. The van der Waals surface area contributed by atoms with Crippen LogP contribution in [-0.4, -0.2) is 27.3 Å². The molecule has 0 spiro atoms. The number of pyridine rings is 1. The van der Waals surface area contributed by atoms with Crippen molar-refractivity contribution < 1.29 is 15.1 Å². The lowest BCUT2D eigenvalue weighted by atomic mass is 10.0. The summed E-state index contributed by atoms with van der Waals surface area (Å²) < 4.78 is 0.668. The molecule has 1 aromatic carbocycles. The average molecular weight is 321 g/mol. The number of oxime groups is 1. The van der Waals surface area contributed by atoms with Crippen molar-refractivity contribution in [3.8, 4) is 5.75 Å². The van der Waals surface area contributed by atoms with Crippen LogP contribution in [0.25, 0.3) is 0 Å². The van der Waals surface area contributed by atoms with Crippen molar-refractivity contribution in [2.75, 3.05) is 0 Å². The molecule has 0 saturated heterocycles. The highest BCUT2D eigenvalue weighted by Crippen LogP contribution is 2.24. The fourth-order valence-corrected chi connectivity index (χ4v) is 1.95. The molecule has 0 aliphatic carbocycles. The third kappa shape index (κ3) is 2.79. The topological polar surface area (TPSA) is 82.8 Å². The summed E-state index contributed by atoms with van der Waals surface area (Å²) >= 11 is 3.24. The van der Waals surface area contributed by atoms with Crippen LogP contribution in [0.2, 0.25) is 0 Å². The summed E-state index contributed by atoms with van der Waals surface area (Å²) in [4.78, 5) is 16.3. The molecule has 0 radical (unpaired) electrons. The van der Waals surface area contributed by atoms with Crippen LogP contribution >= 0.6 is 15.9 Å². The second-order valence-electron chi connectivity index (χ2n) is 3.68. The maximum atomic E-state index is 12.3. The highest BCUT2D eigenvalue weighted by atomic mass is 79.9. The Morgan fingerprint density at radius 3 is 2.89 bits per heavy atom. The number of ketones is 1. The summed E-state index contributed by atoms with van der Waals surface area (Å²) in [6.45, 7) is 0. The van der Waals surface area contributed by atoms with Crippen molar-refractivity contribution in [1.82, 2.24) is 4.98 Å². The molecule has 0 saturated carbocycles. The normalized spacial score (nSPS) is 10.8. The van der Waals surface area contributed by atoms with E-state index in [2.05, 4.69) is 26.1 Å². The summed E-state index contributed by atoms with van der Waals surface area (Å²) in [6, 6.07) is 7.76. The maximum absolute atomic E-state index is 12.3. The summed E-state index contributed by atoms with van der Waals surface area (Å²) in [6.07, 6.45) is 2.58. The summed E-state index contributed by atoms with van der Waals surface area (Å²) in [5.74, 6) is -0.583. The molecule has 0 aliphatic heterocycles. The number of carbonyl (C=O) groups excluding carboxylic acids is 1. The molecule has 0 unspecified atom stereocenters. The van der Waals surface area contributed by atoms with E-state index in [-0.39, 0.29) is 17.0 Å². The van der Waals surface area contributed by atoms with Crippen LogP contribution in [0.3, 0.4) is 0 Å². The lowest BCUT2D eigenvalue weighted by Crippen LogP contribution is -2.08. The molecule has 0 atom stereocenters. The van der Waals surface area contributed by atoms with E-state index in [0.29, 0.717) is 10.0 Å². The molecule has 6 heteroatoms. The lowest BCUT2D eigenvalue weighted by molar-refractivity contribution is 0.103. The molecule has 1 aromatic heterocycles. The second kappa shape index (κ2) is 5.62. The third-order valence-corrected chi connectivity index (χ3v) is 2.95. The Kier molecular flexibility index (Phi) is 3.91. The van der Waals surface area contributed by atoms with Gasteiger partial charge in [0.2, 0.25) is 5.78 Å². The van der Waals surface area contributed by atoms with Crippen molar-refractivity contribution in [3.05, 3.63) is 57.8 Å². The molecule has 96 valence electrons. The Morgan fingerprint density at radius 2 is 2.16 bits per heavy atom. The fourth-order valence-electron chi connectivity index (χ4n) is 1.59. The number of hydrogen-bond acceptors (Lipinski definition) is 5. The van der Waals surface area contributed by atoms with Crippen LogP contribution in [0, 0.1) is 0 Å². The minimum Gasteiger partial charge on any atom is -0.507 e. The van der Waals surface area contributed by atoms with Gasteiger partial charge >= 0.3 is 0 Å². The molecular formula is C13H9BrN2O3. The van der Waals surface area contributed by atoms with Crippen molar-refractivity contribution in [2.24, 2.45) is 5.16 Å². The first-order valence-electron chi connectivity index (χ1n) is 5.29. The zero-order valence-corrected chi connectivity index (χ0v) is 11.2. The highest BCUT2D eigenvalue weighted by molar-refractivity contribution is 9.10. The molecule has 1 heterocycles. The first-order valence-corrected chi connectivity index (χ1v) is 6.08. The van der Waals surface area contributed by atoms with Gasteiger partial charge in [0.05, 0.1) is 11.8 Å². The number of hydrogen-bond donors (Lipinski definition) is 2. The minimum absolute atomic E-state index is 0.105. The predicted octanol–water partition coefficient (Wildman–Crippen LogP) is 2.59. The van der Waals surface area contributed by atoms with E-state index in [1.165, 1.54) is 18.3 Å².